The van der Waals surface area contributed by atoms with E-state index >= 15 is 0 Å². The molecule has 0 aliphatic heterocycles. The Labute approximate surface area is 102 Å². The molecule has 1 unspecified atom stereocenters. The van der Waals surface area contributed by atoms with Crippen molar-refractivity contribution in [3.8, 4) is 0 Å². The zero-order valence-electron chi connectivity index (χ0n) is 9.32. The average molecular weight is 237 g/mol. The molecular formula is C14H17ClO. The van der Waals surface area contributed by atoms with Crippen LogP contribution in [0.1, 0.15) is 31.2 Å². The Bertz CT molecular complexity index is 367. The van der Waals surface area contributed by atoms with Gasteiger partial charge < -0.3 is 5.11 Å². The molecule has 0 saturated heterocycles. The molecule has 86 valence electrons. The lowest BCUT2D eigenvalue weighted by molar-refractivity contribution is 0.211. The molecule has 0 spiro atoms. The number of aliphatic hydroxyl groups is 1. The van der Waals surface area contributed by atoms with E-state index in [2.05, 4.69) is 12.1 Å². The van der Waals surface area contributed by atoms with E-state index < -0.39 is 0 Å². The minimum atomic E-state index is -0.246. The molecule has 1 aromatic rings. The molecule has 0 amide bonds. The van der Waals surface area contributed by atoms with Crippen LogP contribution < -0.4 is 0 Å². The van der Waals surface area contributed by atoms with Crippen LogP contribution in [-0.2, 0) is 6.42 Å². The largest absolute Gasteiger partial charge is 0.389 e. The van der Waals surface area contributed by atoms with E-state index in [1.807, 2.05) is 18.2 Å². The van der Waals surface area contributed by atoms with Crippen LogP contribution in [0.5, 0.6) is 0 Å². The first-order valence-electron chi connectivity index (χ1n) is 5.86. The maximum absolute atomic E-state index is 9.68. The Morgan fingerprint density at radius 2 is 1.94 bits per heavy atom. The smallest absolute Gasteiger partial charge is 0.0723 e. The number of benzene rings is 1. The third-order valence-corrected chi connectivity index (χ3v) is 3.27. The predicted molar refractivity (Wildman–Crippen MR) is 67.7 cm³/mol. The van der Waals surface area contributed by atoms with Gasteiger partial charge in [-0.3, -0.25) is 0 Å². The Balaban J connectivity index is 2.05. The molecule has 1 aromatic carbocycles. The Morgan fingerprint density at radius 3 is 2.69 bits per heavy atom. The van der Waals surface area contributed by atoms with Crippen molar-refractivity contribution in [3.05, 3.63) is 46.5 Å². The number of hydrogen-bond acceptors (Lipinski definition) is 1. The zero-order valence-corrected chi connectivity index (χ0v) is 10.1. The molecule has 1 nitrogen and oxygen atoms in total. The normalized spacial score (nSPS) is 21.4. The highest BCUT2D eigenvalue weighted by molar-refractivity contribution is 6.30. The number of hydrogen-bond donors (Lipinski definition) is 1. The number of rotatable bonds is 2. The fraction of sp³-hybridized carbons (Fsp3) is 0.429. The lowest BCUT2D eigenvalue weighted by Crippen LogP contribution is -2.01. The summed E-state index contributed by atoms with van der Waals surface area (Å²) in [6.07, 6.45) is 7.06. The van der Waals surface area contributed by atoms with Gasteiger partial charge in [0.05, 0.1) is 6.10 Å². The van der Waals surface area contributed by atoms with Crippen LogP contribution in [-0.4, -0.2) is 11.2 Å². The topological polar surface area (TPSA) is 20.2 Å². The average Bonchev–Trinajstić information content (AvgIpc) is 2.46. The summed E-state index contributed by atoms with van der Waals surface area (Å²) in [5.41, 5.74) is 2.62. The van der Waals surface area contributed by atoms with Gasteiger partial charge in [0.15, 0.2) is 0 Å². The quantitative estimate of drug-likeness (QED) is 0.776. The summed E-state index contributed by atoms with van der Waals surface area (Å²) < 4.78 is 0. The number of aliphatic hydroxyl groups excluding tert-OH is 1. The zero-order chi connectivity index (χ0) is 11.4. The van der Waals surface area contributed by atoms with Crippen molar-refractivity contribution in [1.29, 1.82) is 0 Å². The molecular weight excluding hydrogens is 220 g/mol. The van der Waals surface area contributed by atoms with E-state index in [1.54, 1.807) is 0 Å². The standard InChI is InChI=1S/C14H17ClO/c15-13-7-5-11(6-8-13)9-12-3-1-2-4-14(16)10-12/h5-8,10,14,16H,1-4,9H2. The van der Waals surface area contributed by atoms with E-state index in [9.17, 15) is 5.11 Å². The first kappa shape index (κ1) is 11.7. The number of halogens is 1. The second-order valence-electron chi connectivity index (χ2n) is 4.44. The maximum atomic E-state index is 9.68. The van der Waals surface area contributed by atoms with Crippen LogP contribution in [0, 0.1) is 0 Å². The molecule has 1 aliphatic carbocycles. The van der Waals surface area contributed by atoms with Crippen molar-refractivity contribution in [2.24, 2.45) is 0 Å². The molecule has 16 heavy (non-hydrogen) atoms. The molecule has 1 aliphatic rings. The minimum absolute atomic E-state index is 0.246. The van der Waals surface area contributed by atoms with Gasteiger partial charge >= 0.3 is 0 Å². The van der Waals surface area contributed by atoms with Crippen molar-refractivity contribution in [1.82, 2.24) is 0 Å². The molecule has 0 fully saturated rings. The molecule has 2 heteroatoms. The van der Waals surface area contributed by atoms with E-state index in [-0.39, 0.29) is 6.10 Å². The third kappa shape index (κ3) is 3.36. The van der Waals surface area contributed by atoms with Gasteiger partial charge in [0.1, 0.15) is 0 Å². The van der Waals surface area contributed by atoms with Crippen LogP contribution in [0.4, 0.5) is 0 Å². The van der Waals surface area contributed by atoms with Gasteiger partial charge in [0, 0.05) is 5.02 Å². The van der Waals surface area contributed by atoms with E-state index in [1.165, 1.54) is 17.6 Å². The van der Waals surface area contributed by atoms with Gasteiger partial charge in [-0.15, -0.1) is 0 Å². The minimum Gasteiger partial charge on any atom is -0.389 e. The summed E-state index contributed by atoms with van der Waals surface area (Å²) in [6.45, 7) is 0. The summed E-state index contributed by atoms with van der Waals surface area (Å²) in [5, 5.41) is 10.5. The first-order chi connectivity index (χ1) is 7.74. The highest BCUT2D eigenvalue weighted by atomic mass is 35.5. The summed E-state index contributed by atoms with van der Waals surface area (Å²) in [5.74, 6) is 0. The molecule has 0 bridgehead atoms. The second-order valence-corrected chi connectivity index (χ2v) is 4.88. The van der Waals surface area contributed by atoms with Crippen LogP contribution in [0.3, 0.4) is 0 Å². The lowest BCUT2D eigenvalue weighted by atomic mass is 10.0. The van der Waals surface area contributed by atoms with Gasteiger partial charge in [-0.05, 0) is 43.4 Å². The fourth-order valence-corrected chi connectivity index (χ4v) is 2.28. The molecule has 2 rings (SSSR count). The van der Waals surface area contributed by atoms with Gasteiger partial charge in [-0.1, -0.05) is 41.8 Å². The summed E-state index contributed by atoms with van der Waals surface area (Å²) in [7, 11) is 0. The van der Waals surface area contributed by atoms with E-state index in [4.69, 9.17) is 11.6 Å². The summed E-state index contributed by atoms with van der Waals surface area (Å²) in [4.78, 5) is 0. The van der Waals surface area contributed by atoms with Crippen molar-refractivity contribution in [3.63, 3.8) is 0 Å². The van der Waals surface area contributed by atoms with Gasteiger partial charge in [0.2, 0.25) is 0 Å². The van der Waals surface area contributed by atoms with Gasteiger partial charge in [0.25, 0.3) is 0 Å². The number of allylic oxidation sites excluding steroid dienone is 1. The maximum Gasteiger partial charge on any atom is 0.0723 e. The lowest BCUT2D eigenvalue weighted by Gasteiger charge is -2.06. The van der Waals surface area contributed by atoms with Crippen LogP contribution in [0.15, 0.2) is 35.9 Å². The molecule has 0 radical (unpaired) electrons. The highest BCUT2D eigenvalue weighted by Gasteiger charge is 2.09. The Kier molecular flexibility index (Phi) is 4.03. The van der Waals surface area contributed by atoms with Crippen LogP contribution >= 0.6 is 11.6 Å². The van der Waals surface area contributed by atoms with E-state index in [0.29, 0.717) is 0 Å². The molecule has 1 atom stereocenters. The third-order valence-electron chi connectivity index (χ3n) is 3.02. The van der Waals surface area contributed by atoms with Gasteiger partial charge in [-0.25, -0.2) is 0 Å². The first-order valence-corrected chi connectivity index (χ1v) is 6.24. The second kappa shape index (κ2) is 5.51. The molecule has 0 heterocycles. The summed E-state index contributed by atoms with van der Waals surface area (Å²) in [6, 6.07) is 7.95. The van der Waals surface area contributed by atoms with E-state index in [0.717, 1.165) is 30.7 Å². The van der Waals surface area contributed by atoms with Gasteiger partial charge in [-0.2, -0.15) is 0 Å². The summed E-state index contributed by atoms with van der Waals surface area (Å²) >= 11 is 5.85. The fourth-order valence-electron chi connectivity index (χ4n) is 2.16. The highest BCUT2D eigenvalue weighted by Crippen LogP contribution is 2.21. The SMILES string of the molecule is OC1C=C(Cc2ccc(Cl)cc2)CCCC1. The Morgan fingerprint density at radius 1 is 1.19 bits per heavy atom. The van der Waals surface area contributed by atoms with Crippen molar-refractivity contribution < 1.29 is 5.11 Å². The van der Waals surface area contributed by atoms with Crippen LogP contribution in [0.2, 0.25) is 5.02 Å². The predicted octanol–water partition coefficient (Wildman–Crippen LogP) is 3.74. The van der Waals surface area contributed by atoms with Crippen LogP contribution in [0.25, 0.3) is 0 Å². The van der Waals surface area contributed by atoms with Crippen molar-refractivity contribution in [2.45, 2.75) is 38.2 Å². The molecule has 0 aromatic heterocycles. The van der Waals surface area contributed by atoms with Crippen molar-refractivity contribution in [2.75, 3.05) is 0 Å². The molecule has 0 saturated carbocycles. The Hall–Kier alpha value is -0.790. The monoisotopic (exact) mass is 236 g/mol. The molecule has 1 N–H and O–H groups in total. The van der Waals surface area contributed by atoms with Crippen molar-refractivity contribution >= 4 is 11.6 Å².